The zero-order valence-electron chi connectivity index (χ0n) is 10.1. The number of carbonyl (C=O) groups excluding carboxylic acids is 1. The Kier molecular flexibility index (Phi) is 4.87. The van der Waals surface area contributed by atoms with Gasteiger partial charge in [-0.2, -0.15) is 5.10 Å². The van der Waals surface area contributed by atoms with Crippen LogP contribution in [-0.2, 0) is 4.74 Å². The summed E-state index contributed by atoms with van der Waals surface area (Å²) in [5.74, 6) is -4.49. The monoisotopic (exact) mass is 276 g/mol. The van der Waals surface area contributed by atoms with Gasteiger partial charge in [0.1, 0.15) is 0 Å². The molecule has 0 radical (unpaired) electrons. The van der Waals surface area contributed by atoms with Crippen molar-refractivity contribution in [3.05, 3.63) is 35.1 Å². The van der Waals surface area contributed by atoms with Crippen LogP contribution < -0.4 is 5.43 Å². The summed E-state index contributed by atoms with van der Waals surface area (Å²) in [6.07, 6.45) is -2.18. The van der Waals surface area contributed by atoms with E-state index in [1.165, 1.54) is 6.92 Å². The first-order chi connectivity index (χ1) is 8.86. The number of hydrogen-bond donors (Lipinski definition) is 2. The molecule has 1 atom stereocenters. The normalized spacial score (nSPS) is 13.1. The van der Waals surface area contributed by atoms with Crippen LogP contribution in [0, 0.1) is 17.5 Å². The molecule has 1 aromatic carbocycles. The summed E-state index contributed by atoms with van der Waals surface area (Å²) in [5.41, 5.74) is 1.44. The molecule has 0 heterocycles. The summed E-state index contributed by atoms with van der Waals surface area (Å²) in [7, 11) is 1.09. The Labute approximate surface area is 106 Å². The number of benzene rings is 1. The molecule has 1 amide bonds. The van der Waals surface area contributed by atoms with Crippen molar-refractivity contribution in [2.45, 2.75) is 13.0 Å². The number of rotatable bonds is 3. The number of hydrazone groups is 1. The summed E-state index contributed by atoms with van der Waals surface area (Å²) >= 11 is 0. The van der Waals surface area contributed by atoms with E-state index in [4.69, 9.17) is 0 Å². The lowest BCUT2D eigenvalue weighted by molar-refractivity contribution is 0.171. The van der Waals surface area contributed by atoms with E-state index in [9.17, 15) is 23.1 Å². The molecule has 0 unspecified atom stereocenters. The molecule has 8 heteroatoms. The van der Waals surface area contributed by atoms with Crippen molar-refractivity contribution in [2.24, 2.45) is 5.10 Å². The van der Waals surface area contributed by atoms with E-state index in [-0.39, 0.29) is 11.3 Å². The Bertz CT molecular complexity index is 495. The van der Waals surface area contributed by atoms with Crippen LogP contribution in [0.15, 0.2) is 17.2 Å². The molecule has 104 valence electrons. The van der Waals surface area contributed by atoms with Crippen molar-refractivity contribution in [3.63, 3.8) is 0 Å². The molecule has 1 aromatic rings. The number of amides is 1. The highest BCUT2D eigenvalue weighted by molar-refractivity contribution is 6.03. The predicted octanol–water partition coefficient (Wildman–Crippen LogP) is 1.54. The van der Waals surface area contributed by atoms with Crippen molar-refractivity contribution < 1.29 is 27.8 Å². The molecule has 0 bridgehead atoms. The van der Waals surface area contributed by atoms with Gasteiger partial charge in [-0.3, -0.25) is 0 Å². The second-order valence-electron chi connectivity index (χ2n) is 3.53. The van der Waals surface area contributed by atoms with E-state index in [1.54, 1.807) is 0 Å². The molecule has 0 aliphatic rings. The SMILES string of the molecule is COC(=O)NN=C(c1cc(F)c(F)c(F)c1)[C@@H](C)O. The molecule has 0 fully saturated rings. The average molecular weight is 276 g/mol. The Morgan fingerprint density at radius 1 is 1.37 bits per heavy atom. The maximum atomic E-state index is 13.1. The Balaban J connectivity index is 3.17. The van der Waals surface area contributed by atoms with Gasteiger partial charge in [0.05, 0.1) is 18.9 Å². The van der Waals surface area contributed by atoms with E-state index in [2.05, 4.69) is 9.84 Å². The predicted molar refractivity (Wildman–Crippen MR) is 60.1 cm³/mol. The molecule has 0 aliphatic heterocycles. The van der Waals surface area contributed by atoms with Crippen LogP contribution in [0.3, 0.4) is 0 Å². The summed E-state index contributed by atoms with van der Waals surface area (Å²) in [6.45, 7) is 1.26. The number of aliphatic hydroxyl groups is 1. The molecule has 2 N–H and O–H groups in total. The molecule has 0 saturated carbocycles. The molecular formula is C11H11F3N2O3. The van der Waals surface area contributed by atoms with Crippen LogP contribution in [0.1, 0.15) is 12.5 Å². The molecule has 0 aliphatic carbocycles. The van der Waals surface area contributed by atoms with Crippen molar-refractivity contribution >= 4 is 11.8 Å². The van der Waals surface area contributed by atoms with Gasteiger partial charge in [-0.05, 0) is 19.1 Å². The van der Waals surface area contributed by atoms with Crippen LogP contribution in [0.4, 0.5) is 18.0 Å². The fraction of sp³-hybridized carbons (Fsp3) is 0.273. The van der Waals surface area contributed by atoms with Crippen LogP contribution in [-0.4, -0.2) is 30.1 Å². The van der Waals surface area contributed by atoms with Gasteiger partial charge in [-0.1, -0.05) is 0 Å². The van der Waals surface area contributed by atoms with Gasteiger partial charge >= 0.3 is 6.09 Å². The third-order valence-electron chi connectivity index (χ3n) is 2.13. The van der Waals surface area contributed by atoms with Crippen molar-refractivity contribution in [3.8, 4) is 0 Å². The first kappa shape index (κ1) is 15.0. The van der Waals surface area contributed by atoms with E-state index >= 15 is 0 Å². The highest BCUT2D eigenvalue weighted by atomic mass is 19.2. The van der Waals surface area contributed by atoms with E-state index < -0.39 is 29.6 Å². The molecule has 0 aromatic heterocycles. The van der Waals surface area contributed by atoms with E-state index in [1.807, 2.05) is 5.43 Å². The lowest BCUT2D eigenvalue weighted by atomic mass is 10.1. The minimum absolute atomic E-state index is 0.206. The molecule has 0 saturated heterocycles. The van der Waals surface area contributed by atoms with Crippen LogP contribution in [0.5, 0.6) is 0 Å². The van der Waals surface area contributed by atoms with Gasteiger partial charge in [-0.15, -0.1) is 0 Å². The number of carbonyl (C=O) groups is 1. The summed E-state index contributed by atoms with van der Waals surface area (Å²) in [4.78, 5) is 10.8. The molecule has 1 rings (SSSR count). The number of nitrogens with one attached hydrogen (secondary N) is 1. The molecule has 0 spiro atoms. The zero-order valence-corrected chi connectivity index (χ0v) is 10.1. The van der Waals surface area contributed by atoms with Gasteiger partial charge in [0.15, 0.2) is 17.5 Å². The summed E-state index contributed by atoms with van der Waals surface area (Å²) < 4.78 is 43.2. The van der Waals surface area contributed by atoms with Gasteiger partial charge in [0.2, 0.25) is 0 Å². The molecule has 19 heavy (non-hydrogen) atoms. The van der Waals surface area contributed by atoms with Crippen LogP contribution >= 0.6 is 0 Å². The molecular weight excluding hydrogens is 265 g/mol. The standard InChI is InChI=1S/C11H11F3N2O3/c1-5(17)10(15-16-11(18)19-2)6-3-7(12)9(14)8(13)4-6/h3-5,17H,1-2H3,(H,16,18)/t5-/m1/s1. The largest absolute Gasteiger partial charge is 0.452 e. The molecule has 5 nitrogen and oxygen atoms in total. The number of methoxy groups -OCH3 is 1. The Morgan fingerprint density at radius 2 is 1.89 bits per heavy atom. The lowest BCUT2D eigenvalue weighted by Crippen LogP contribution is -2.25. The van der Waals surface area contributed by atoms with Gasteiger partial charge in [0.25, 0.3) is 0 Å². The fourth-order valence-electron chi connectivity index (χ4n) is 1.25. The Hall–Kier alpha value is -2.09. The van der Waals surface area contributed by atoms with E-state index in [0.717, 1.165) is 7.11 Å². The maximum absolute atomic E-state index is 13.1. The Morgan fingerprint density at radius 3 is 2.32 bits per heavy atom. The fourth-order valence-corrected chi connectivity index (χ4v) is 1.25. The number of halogens is 3. The van der Waals surface area contributed by atoms with Gasteiger partial charge < -0.3 is 9.84 Å². The minimum Gasteiger partial charge on any atom is -0.452 e. The first-order valence-corrected chi connectivity index (χ1v) is 5.11. The highest BCUT2D eigenvalue weighted by Crippen LogP contribution is 2.15. The van der Waals surface area contributed by atoms with Gasteiger partial charge in [0, 0.05) is 5.56 Å². The van der Waals surface area contributed by atoms with Crippen molar-refractivity contribution in [1.29, 1.82) is 0 Å². The third-order valence-corrected chi connectivity index (χ3v) is 2.13. The summed E-state index contributed by atoms with van der Waals surface area (Å²) in [6, 6.07) is 1.31. The second kappa shape index (κ2) is 6.19. The zero-order chi connectivity index (χ0) is 14.6. The highest BCUT2D eigenvalue weighted by Gasteiger charge is 2.17. The number of hydrogen-bond acceptors (Lipinski definition) is 4. The maximum Gasteiger partial charge on any atom is 0.427 e. The third kappa shape index (κ3) is 3.68. The summed E-state index contributed by atoms with van der Waals surface area (Å²) in [5, 5.41) is 12.9. The number of nitrogens with zero attached hydrogens (tertiary/aromatic N) is 1. The van der Waals surface area contributed by atoms with Crippen molar-refractivity contribution in [1.82, 2.24) is 5.43 Å². The number of aliphatic hydroxyl groups excluding tert-OH is 1. The first-order valence-electron chi connectivity index (χ1n) is 5.11. The number of ether oxygens (including phenoxy) is 1. The van der Waals surface area contributed by atoms with Crippen molar-refractivity contribution in [2.75, 3.05) is 7.11 Å². The van der Waals surface area contributed by atoms with Gasteiger partial charge in [-0.25, -0.2) is 23.4 Å². The minimum atomic E-state index is -1.63. The van der Waals surface area contributed by atoms with Crippen LogP contribution in [0.25, 0.3) is 0 Å². The lowest BCUT2D eigenvalue weighted by Gasteiger charge is -2.10. The van der Waals surface area contributed by atoms with Crippen LogP contribution in [0.2, 0.25) is 0 Å². The topological polar surface area (TPSA) is 70.9 Å². The van der Waals surface area contributed by atoms with E-state index in [0.29, 0.717) is 12.1 Å². The quantitative estimate of drug-likeness (QED) is 0.500. The average Bonchev–Trinajstić information content (AvgIpc) is 2.35. The smallest absolute Gasteiger partial charge is 0.427 e. The second-order valence-corrected chi connectivity index (χ2v) is 3.53.